The molecule has 138 valence electrons. The van der Waals surface area contributed by atoms with Gasteiger partial charge in [-0.3, -0.25) is 15.1 Å². The molecule has 1 N–H and O–H groups in total. The number of fused-ring (bicyclic) bond motifs is 1. The second-order valence-corrected chi connectivity index (χ2v) is 6.77. The van der Waals surface area contributed by atoms with E-state index < -0.39 is 4.92 Å². The third kappa shape index (κ3) is 3.49. The predicted octanol–water partition coefficient (Wildman–Crippen LogP) is 5.62. The molecule has 1 heterocycles. The van der Waals surface area contributed by atoms with Crippen molar-refractivity contribution in [2.24, 2.45) is 4.99 Å². The van der Waals surface area contributed by atoms with Crippen LogP contribution in [0, 0.1) is 10.1 Å². The minimum atomic E-state index is -0.470. The fraction of sp³-hybridized carbons (Fsp3) is 0. The lowest BCUT2D eigenvalue weighted by molar-refractivity contribution is -0.385. The highest BCUT2D eigenvalue weighted by Gasteiger charge is 2.13. The molecule has 0 spiro atoms. The maximum Gasteiger partial charge on any atom is 0.284 e. The number of aromatic hydroxyl groups is 1. The lowest BCUT2D eigenvalue weighted by Crippen LogP contribution is -1.91. The number of oxazole rings is 1. The zero-order valence-electron chi connectivity index (χ0n) is 14.2. The summed E-state index contributed by atoms with van der Waals surface area (Å²) in [6, 6.07) is 16.9. The highest BCUT2D eigenvalue weighted by Crippen LogP contribution is 2.34. The molecule has 0 unspecified atom stereocenters. The number of para-hydroxylation sites is 2. The number of nitrogens with zero attached hydrogens (tertiary/aromatic N) is 3. The van der Waals surface area contributed by atoms with Crippen LogP contribution < -0.4 is 0 Å². The standard InChI is InChI=1S/C20H12BrN3O4/c21-15-8-5-12(9-17(15)24(26)27)11-22-13-6-7-14(18(25)10-13)20-23-16-3-1-2-4-19(16)28-20/h1-11,25H. The summed E-state index contributed by atoms with van der Waals surface area (Å²) >= 11 is 3.15. The minimum absolute atomic E-state index is 0.0250. The molecule has 0 saturated carbocycles. The van der Waals surface area contributed by atoms with E-state index in [2.05, 4.69) is 25.9 Å². The van der Waals surface area contributed by atoms with Crippen molar-refractivity contribution < 1.29 is 14.4 Å². The molecule has 0 aliphatic carbocycles. The molecule has 0 bridgehead atoms. The SMILES string of the molecule is O=[N+]([O-])c1cc(C=Nc2ccc(-c3nc4ccccc4o3)c(O)c2)ccc1Br. The summed E-state index contributed by atoms with van der Waals surface area (Å²) in [6.07, 6.45) is 1.49. The lowest BCUT2D eigenvalue weighted by atomic mass is 10.1. The number of nitro benzene ring substituents is 1. The summed E-state index contributed by atoms with van der Waals surface area (Å²) < 4.78 is 6.07. The smallest absolute Gasteiger partial charge is 0.284 e. The Labute approximate surface area is 167 Å². The van der Waals surface area contributed by atoms with E-state index >= 15 is 0 Å². The van der Waals surface area contributed by atoms with Crippen molar-refractivity contribution in [3.8, 4) is 17.2 Å². The molecule has 4 aromatic rings. The van der Waals surface area contributed by atoms with Crippen molar-refractivity contribution in [2.75, 3.05) is 0 Å². The average Bonchev–Trinajstić information content (AvgIpc) is 3.11. The molecule has 28 heavy (non-hydrogen) atoms. The molecular formula is C20H12BrN3O4. The van der Waals surface area contributed by atoms with Gasteiger partial charge in [0, 0.05) is 18.3 Å². The van der Waals surface area contributed by atoms with Crippen LogP contribution >= 0.6 is 15.9 Å². The van der Waals surface area contributed by atoms with E-state index in [9.17, 15) is 15.2 Å². The Morgan fingerprint density at radius 3 is 2.71 bits per heavy atom. The second kappa shape index (κ2) is 7.24. The minimum Gasteiger partial charge on any atom is -0.507 e. The van der Waals surface area contributed by atoms with E-state index in [1.807, 2.05) is 18.2 Å². The molecule has 0 radical (unpaired) electrons. The summed E-state index contributed by atoms with van der Waals surface area (Å²) in [6.45, 7) is 0. The number of nitro groups is 1. The lowest BCUT2D eigenvalue weighted by Gasteiger charge is -2.02. The van der Waals surface area contributed by atoms with Gasteiger partial charge in [0.2, 0.25) is 5.89 Å². The van der Waals surface area contributed by atoms with Gasteiger partial charge < -0.3 is 9.52 Å². The predicted molar refractivity (Wildman–Crippen MR) is 109 cm³/mol. The zero-order valence-corrected chi connectivity index (χ0v) is 15.8. The number of rotatable bonds is 4. The van der Waals surface area contributed by atoms with E-state index in [0.717, 1.165) is 0 Å². The molecule has 0 fully saturated rings. The topological polar surface area (TPSA) is 102 Å². The van der Waals surface area contributed by atoms with Crippen molar-refractivity contribution in [1.29, 1.82) is 0 Å². The van der Waals surface area contributed by atoms with Crippen molar-refractivity contribution in [1.82, 2.24) is 4.98 Å². The van der Waals surface area contributed by atoms with Crippen LogP contribution in [-0.4, -0.2) is 21.2 Å². The summed E-state index contributed by atoms with van der Waals surface area (Å²) in [4.78, 5) is 19.2. The van der Waals surface area contributed by atoms with Gasteiger partial charge in [-0.25, -0.2) is 4.98 Å². The van der Waals surface area contributed by atoms with Crippen molar-refractivity contribution >= 4 is 44.6 Å². The van der Waals surface area contributed by atoms with Crippen LogP contribution in [0.4, 0.5) is 11.4 Å². The molecule has 3 aromatic carbocycles. The quantitative estimate of drug-likeness (QED) is 0.253. The number of hydrogen-bond donors (Lipinski definition) is 1. The summed E-state index contributed by atoms with van der Waals surface area (Å²) in [5.41, 5.74) is 2.81. The summed E-state index contributed by atoms with van der Waals surface area (Å²) in [5.74, 6) is 0.292. The molecule has 8 heteroatoms. The van der Waals surface area contributed by atoms with Crippen LogP contribution in [0.3, 0.4) is 0 Å². The molecule has 0 aliphatic heterocycles. The Balaban J connectivity index is 1.62. The van der Waals surface area contributed by atoms with E-state index in [1.54, 1.807) is 30.3 Å². The Kier molecular flexibility index (Phi) is 4.62. The molecule has 0 saturated heterocycles. The van der Waals surface area contributed by atoms with Gasteiger partial charge in [0.25, 0.3) is 5.69 Å². The van der Waals surface area contributed by atoms with Crippen LogP contribution in [0.1, 0.15) is 5.56 Å². The van der Waals surface area contributed by atoms with Gasteiger partial charge in [0.05, 0.1) is 20.6 Å². The second-order valence-electron chi connectivity index (χ2n) is 5.91. The largest absolute Gasteiger partial charge is 0.507 e. The van der Waals surface area contributed by atoms with Crippen molar-refractivity contribution in [3.05, 3.63) is 80.8 Å². The summed E-state index contributed by atoms with van der Waals surface area (Å²) in [5, 5.41) is 21.4. The molecule has 4 rings (SSSR count). The third-order valence-electron chi connectivity index (χ3n) is 4.04. The van der Waals surface area contributed by atoms with Gasteiger partial charge in [-0.05, 0) is 51.8 Å². The number of benzene rings is 3. The maximum absolute atomic E-state index is 11.0. The number of hydrogen-bond acceptors (Lipinski definition) is 6. The van der Waals surface area contributed by atoms with E-state index in [1.165, 1.54) is 18.3 Å². The van der Waals surface area contributed by atoms with E-state index in [0.29, 0.717) is 38.3 Å². The van der Waals surface area contributed by atoms with Crippen molar-refractivity contribution in [3.63, 3.8) is 0 Å². The maximum atomic E-state index is 11.0. The third-order valence-corrected chi connectivity index (χ3v) is 4.71. The Morgan fingerprint density at radius 2 is 1.96 bits per heavy atom. The Bertz CT molecular complexity index is 1200. The zero-order chi connectivity index (χ0) is 19.7. The average molecular weight is 438 g/mol. The first-order valence-corrected chi connectivity index (χ1v) is 8.97. The fourth-order valence-electron chi connectivity index (χ4n) is 2.67. The number of aliphatic imine (C=N–C) groups is 1. The first-order chi connectivity index (χ1) is 13.5. The van der Waals surface area contributed by atoms with Crippen LogP contribution in [0.25, 0.3) is 22.6 Å². The van der Waals surface area contributed by atoms with Gasteiger partial charge in [-0.15, -0.1) is 0 Å². The molecule has 0 aliphatic rings. The monoisotopic (exact) mass is 437 g/mol. The number of halogens is 1. The fourth-order valence-corrected chi connectivity index (χ4v) is 3.06. The van der Waals surface area contributed by atoms with Crippen LogP contribution in [-0.2, 0) is 0 Å². The first-order valence-electron chi connectivity index (χ1n) is 8.18. The van der Waals surface area contributed by atoms with Gasteiger partial charge in [0.1, 0.15) is 11.3 Å². The van der Waals surface area contributed by atoms with Gasteiger partial charge in [-0.2, -0.15) is 0 Å². The molecule has 0 amide bonds. The van der Waals surface area contributed by atoms with Crippen LogP contribution in [0.5, 0.6) is 5.75 Å². The van der Waals surface area contributed by atoms with E-state index in [4.69, 9.17) is 4.42 Å². The molecular weight excluding hydrogens is 426 g/mol. The van der Waals surface area contributed by atoms with Gasteiger partial charge in [-0.1, -0.05) is 18.2 Å². The van der Waals surface area contributed by atoms with E-state index in [-0.39, 0.29) is 11.4 Å². The highest BCUT2D eigenvalue weighted by atomic mass is 79.9. The van der Waals surface area contributed by atoms with Crippen LogP contribution in [0.2, 0.25) is 0 Å². The normalized spacial score (nSPS) is 11.3. The molecule has 1 aromatic heterocycles. The summed E-state index contributed by atoms with van der Waals surface area (Å²) in [7, 11) is 0. The Morgan fingerprint density at radius 1 is 1.14 bits per heavy atom. The number of phenolic OH excluding ortho intramolecular Hbond substituents is 1. The number of phenols is 1. The van der Waals surface area contributed by atoms with Gasteiger partial charge in [0.15, 0.2) is 5.58 Å². The van der Waals surface area contributed by atoms with Crippen molar-refractivity contribution in [2.45, 2.75) is 0 Å². The molecule has 7 nitrogen and oxygen atoms in total. The highest BCUT2D eigenvalue weighted by molar-refractivity contribution is 9.10. The molecule has 0 atom stereocenters. The van der Waals surface area contributed by atoms with Crippen LogP contribution in [0.15, 0.2) is 74.5 Å². The number of aromatic nitrogens is 1. The first kappa shape index (κ1) is 17.9. The van der Waals surface area contributed by atoms with Gasteiger partial charge >= 0.3 is 0 Å². The Hall–Kier alpha value is -3.52.